The number of carbonyl (C=O) groups excluding carboxylic acids is 2. The number of sulfone groups is 1. The molecule has 1 fully saturated rings. The Kier molecular flexibility index (Phi) is 7.42. The summed E-state index contributed by atoms with van der Waals surface area (Å²) in [6.45, 7) is 6.42. The minimum atomic E-state index is -3.04. The number of amides is 2. The van der Waals surface area contributed by atoms with Crippen LogP contribution in [-0.2, 0) is 19.4 Å². The lowest BCUT2D eigenvalue weighted by molar-refractivity contribution is -0.126. The van der Waals surface area contributed by atoms with Crippen molar-refractivity contribution in [3.63, 3.8) is 0 Å². The fourth-order valence-electron chi connectivity index (χ4n) is 2.91. The number of benzene rings is 1. The molecular weight excluding hydrogens is 382 g/mol. The fourth-order valence-corrected chi connectivity index (χ4v) is 4.14. The molecule has 1 aromatic carbocycles. The normalized spacial score (nSPS) is 18.1. The van der Waals surface area contributed by atoms with Crippen LogP contribution < -0.4 is 10.6 Å². The van der Waals surface area contributed by atoms with Gasteiger partial charge in [-0.05, 0) is 26.3 Å². The van der Waals surface area contributed by atoms with Crippen molar-refractivity contribution in [2.45, 2.75) is 32.4 Å². The van der Waals surface area contributed by atoms with Gasteiger partial charge in [0.15, 0.2) is 9.84 Å². The molecule has 0 radical (unpaired) electrons. The molecule has 9 heteroatoms. The first kappa shape index (κ1) is 22.2. The maximum absolute atomic E-state index is 12.8. The summed E-state index contributed by atoms with van der Waals surface area (Å²) >= 11 is 0. The quantitative estimate of drug-likeness (QED) is 0.679. The summed E-state index contributed by atoms with van der Waals surface area (Å²) in [4.78, 5) is 26.4. The predicted molar refractivity (Wildman–Crippen MR) is 107 cm³/mol. The lowest BCUT2D eigenvalue weighted by atomic mass is 10.0. The van der Waals surface area contributed by atoms with Crippen molar-refractivity contribution in [3.8, 4) is 0 Å². The smallest absolute Gasteiger partial charge is 0.407 e. The Labute approximate surface area is 166 Å². The van der Waals surface area contributed by atoms with Gasteiger partial charge in [-0.15, -0.1) is 0 Å². The van der Waals surface area contributed by atoms with Crippen LogP contribution in [0.3, 0.4) is 0 Å². The predicted octanol–water partition coefficient (Wildman–Crippen LogP) is 1.10. The average Bonchev–Trinajstić information content (AvgIpc) is 2.60. The van der Waals surface area contributed by atoms with Crippen LogP contribution in [0.5, 0.6) is 0 Å². The molecule has 8 nitrogen and oxygen atoms in total. The molecule has 1 unspecified atom stereocenters. The molecule has 1 atom stereocenters. The monoisotopic (exact) mass is 411 g/mol. The van der Waals surface area contributed by atoms with E-state index in [0.717, 1.165) is 5.56 Å². The van der Waals surface area contributed by atoms with Crippen LogP contribution in [-0.4, -0.2) is 68.6 Å². The van der Waals surface area contributed by atoms with E-state index in [1.165, 1.54) is 0 Å². The van der Waals surface area contributed by atoms with Gasteiger partial charge in [0.25, 0.3) is 0 Å². The Morgan fingerprint density at radius 1 is 1.07 bits per heavy atom. The summed E-state index contributed by atoms with van der Waals surface area (Å²) < 4.78 is 28.6. The number of rotatable bonds is 6. The standard InChI is InChI=1S/C19H29N3O5S/c1-19(2,3)27-18(24)21-10-9-20-17(23)16(15-7-5-4-6-8-15)22-11-13-28(25,26)14-12-22/h4-8,16H,9-14H2,1-3H3,(H,20,23)(H,21,24). The molecule has 2 amide bonds. The molecule has 1 aliphatic rings. The van der Waals surface area contributed by atoms with Crippen molar-refractivity contribution in [1.82, 2.24) is 15.5 Å². The minimum Gasteiger partial charge on any atom is -0.444 e. The second kappa shape index (κ2) is 9.38. The highest BCUT2D eigenvalue weighted by Crippen LogP contribution is 2.23. The summed E-state index contributed by atoms with van der Waals surface area (Å²) in [7, 11) is -3.04. The molecule has 2 N–H and O–H groups in total. The van der Waals surface area contributed by atoms with Crippen molar-refractivity contribution in [2.24, 2.45) is 0 Å². The topological polar surface area (TPSA) is 105 Å². The molecule has 1 saturated heterocycles. The molecule has 0 aliphatic carbocycles. The van der Waals surface area contributed by atoms with Crippen LogP contribution in [0, 0.1) is 0 Å². The maximum atomic E-state index is 12.8. The number of carbonyl (C=O) groups is 2. The molecule has 28 heavy (non-hydrogen) atoms. The third-order valence-corrected chi connectivity index (χ3v) is 5.81. The molecule has 1 aromatic rings. The van der Waals surface area contributed by atoms with Gasteiger partial charge in [-0.1, -0.05) is 30.3 Å². The van der Waals surface area contributed by atoms with Crippen molar-refractivity contribution in [2.75, 3.05) is 37.7 Å². The largest absolute Gasteiger partial charge is 0.444 e. The molecular formula is C19H29N3O5S. The van der Waals surface area contributed by atoms with Crippen LogP contribution in [0.1, 0.15) is 32.4 Å². The van der Waals surface area contributed by atoms with Crippen LogP contribution in [0.2, 0.25) is 0 Å². The summed E-state index contributed by atoms with van der Waals surface area (Å²) in [6.07, 6.45) is -0.539. The Balaban J connectivity index is 1.94. The number of nitrogens with one attached hydrogen (secondary N) is 2. The Bertz CT molecular complexity index is 761. The van der Waals surface area contributed by atoms with E-state index in [-0.39, 0.29) is 30.5 Å². The van der Waals surface area contributed by atoms with Gasteiger partial charge < -0.3 is 15.4 Å². The summed E-state index contributed by atoms with van der Waals surface area (Å²) in [5.41, 5.74) is 0.222. The molecule has 0 aromatic heterocycles. The van der Waals surface area contributed by atoms with Gasteiger partial charge in [0, 0.05) is 26.2 Å². The third kappa shape index (κ3) is 7.12. The Morgan fingerprint density at radius 3 is 2.21 bits per heavy atom. The molecule has 0 saturated carbocycles. The highest BCUT2D eigenvalue weighted by molar-refractivity contribution is 7.91. The van der Waals surface area contributed by atoms with E-state index in [9.17, 15) is 18.0 Å². The summed E-state index contributed by atoms with van der Waals surface area (Å²) in [5, 5.41) is 5.41. The molecule has 156 valence electrons. The van der Waals surface area contributed by atoms with Crippen LogP contribution in [0.25, 0.3) is 0 Å². The first-order valence-corrected chi connectivity index (χ1v) is 11.1. The molecule has 2 rings (SSSR count). The van der Waals surface area contributed by atoms with Crippen molar-refractivity contribution in [3.05, 3.63) is 35.9 Å². The number of alkyl carbamates (subject to hydrolysis) is 1. The number of nitrogens with zero attached hydrogens (tertiary/aromatic N) is 1. The van der Waals surface area contributed by atoms with E-state index in [1.54, 1.807) is 20.8 Å². The van der Waals surface area contributed by atoms with Gasteiger partial charge in [0.1, 0.15) is 11.6 Å². The van der Waals surface area contributed by atoms with Crippen LogP contribution in [0.4, 0.5) is 4.79 Å². The van der Waals surface area contributed by atoms with Crippen molar-refractivity contribution >= 4 is 21.8 Å². The average molecular weight is 412 g/mol. The minimum absolute atomic E-state index is 0.0454. The number of hydrogen-bond acceptors (Lipinski definition) is 6. The van der Waals surface area contributed by atoms with Gasteiger partial charge in [-0.3, -0.25) is 9.69 Å². The highest BCUT2D eigenvalue weighted by atomic mass is 32.2. The van der Waals surface area contributed by atoms with E-state index < -0.39 is 27.6 Å². The van der Waals surface area contributed by atoms with Gasteiger partial charge in [0.05, 0.1) is 11.5 Å². The van der Waals surface area contributed by atoms with Gasteiger partial charge >= 0.3 is 6.09 Å². The first-order chi connectivity index (χ1) is 13.1. The van der Waals surface area contributed by atoms with Gasteiger partial charge in [0.2, 0.25) is 5.91 Å². The summed E-state index contributed by atoms with van der Waals surface area (Å²) in [6, 6.07) is 8.70. The summed E-state index contributed by atoms with van der Waals surface area (Å²) in [5.74, 6) is -0.135. The van der Waals surface area contributed by atoms with Crippen molar-refractivity contribution in [1.29, 1.82) is 0 Å². The zero-order chi connectivity index (χ0) is 20.8. The second-order valence-corrected chi connectivity index (χ2v) is 10.0. The zero-order valence-electron chi connectivity index (χ0n) is 16.6. The maximum Gasteiger partial charge on any atom is 0.407 e. The molecule has 1 aliphatic heterocycles. The van der Waals surface area contributed by atoms with E-state index in [2.05, 4.69) is 10.6 Å². The third-order valence-electron chi connectivity index (χ3n) is 4.20. The Morgan fingerprint density at radius 2 is 1.64 bits per heavy atom. The van der Waals surface area contributed by atoms with E-state index >= 15 is 0 Å². The molecule has 0 spiro atoms. The first-order valence-electron chi connectivity index (χ1n) is 9.31. The number of hydrogen-bond donors (Lipinski definition) is 2. The van der Waals surface area contributed by atoms with Crippen LogP contribution >= 0.6 is 0 Å². The van der Waals surface area contributed by atoms with Gasteiger partial charge in [-0.25, -0.2) is 13.2 Å². The van der Waals surface area contributed by atoms with E-state index in [4.69, 9.17) is 4.74 Å². The van der Waals surface area contributed by atoms with E-state index in [1.807, 2.05) is 35.2 Å². The SMILES string of the molecule is CC(C)(C)OC(=O)NCCNC(=O)C(c1ccccc1)N1CCS(=O)(=O)CC1. The second-order valence-electron chi connectivity index (χ2n) is 7.72. The zero-order valence-corrected chi connectivity index (χ0v) is 17.4. The number of ether oxygens (including phenoxy) is 1. The van der Waals surface area contributed by atoms with Crippen molar-refractivity contribution < 1.29 is 22.7 Å². The lowest BCUT2D eigenvalue weighted by Crippen LogP contribution is -2.48. The Hall–Kier alpha value is -2.13. The van der Waals surface area contributed by atoms with E-state index in [0.29, 0.717) is 13.1 Å². The highest BCUT2D eigenvalue weighted by Gasteiger charge is 2.32. The lowest BCUT2D eigenvalue weighted by Gasteiger charge is -2.33. The molecule has 0 bridgehead atoms. The van der Waals surface area contributed by atoms with Crippen LogP contribution in [0.15, 0.2) is 30.3 Å². The fraction of sp³-hybridized carbons (Fsp3) is 0.579. The van der Waals surface area contributed by atoms with Gasteiger partial charge in [-0.2, -0.15) is 0 Å². The molecule has 1 heterocycles.